The molecule has 1 aromatic rings. The van der Waals surface area contributed by atoms with Gasteiger partial charge < -0.3 is 9.47 Å². The van der Waals surface area contributed by atoms with Crippen molar-refractivity contribution in [2.45, 2.75) is 10.9 Å². The Morgan fingerprint density at radius 2 is 1.68 bits per heavy atom. The highest BCUT2D eigenvalue weighted by atomic mass is 32.2. The smallest absolute Gasteiger partial charge is 0.325 e. The van der Waals surface area contributed by atoms with Crippen LogP contribution in [0.3, 0.4) is 0 Å². The zero-order chi connectivity index (χ0) is 18.8. The van der Waals surface area contributed by atoms with Crippen LogP contribution < -0.4 is 4.74 Å². The second kappa shape index (κ2) is 7.28. The van der Waals surface area contributed by atoms with E-state index in [1.165, 1.54) is 31.4 Å². The number of esters is 1. The van der Waals surface area contributed by atoms with Crippen molar-refractivity contribution < 1.29 is 31.1 Å². The van der Waals surface area contributed by atoms with Crippen LogP contribution >= 0.6 is 0 Å². The quantitative estimate of drug-likeness (QED) is 0.621. The molecule has 1 heterocycles. The molecule has 2 rings (SSSR count). The normalized spacial score (nSPS) is 20.2. The number of sulfonamides is 2. The second-order valence-corrected chi connectivity index (χ2v) is 9.32. The molecule has 0 N–H and O–H groups in total. The SMILES string of the molecule is COC(=O)C1CN(S(C)(=O)=O)CCN1S(=O)(=O)c1ccc(OC)cc1. The minimum absolute atomic E-state index is 0.0185. The van der Waals surface area contributed by atoms with Gasteiger partial charge in [0.1, 0.15) is 11.8 Å². The summed E-state index contributed by atoms with van der Waals surface area (Å²) in [5, 5.41) is 0. The van der Waals surface area contributed by atoms with Crippen molar-refractivity contribution in [2.24, 2.45) is 0 Å². The summed E-state index contributed by atoms with van der Waals surface area (Å²) in [5.74, 6) is -0.323. The van der Waals surface area contributed by atoms with Gasteiger partial charge in [-0.3, -0.25) is 4.79 Å². The molecule has 140 valence electrons. The average Bonchev–Trinajstić information content (AvgIpc) is 2.59. The van der Waals surface area contributed by atoms with Crippen molar-refractivity contribution in [3.05, 3.63) is 24.3 Å². The molecule has 0 aromatic heterocycles. The summed E-state index contributed by atoms with van der Waals surface area (Å²) in [4.78, 5) is 12.0. The number of nitrogens with zero attached hydrogens (tertiary/aromatic N) is 2. The van der Waals surface area contributed by atoms with E-state index >= 15 is 0 Å². The molecule has 1 aromatic carbocycles. The Morgan fingerprint density at radius 3 is 2.16 bits per heavy atom. The highest BCUT2D eigenvalue weighted by Gasteiger charge is 2.42. The lowest BCUT2D eigenvalue weighted by atomic mass is 10.2. The van der Waals surface area contributed by atoms with Crippen molar-refractivity contribution in [3.8, 4) is 5.75 Å². The van der Waals surface area contributed by atoms with Crippen LogP contribution in [0, 0.1) is 0 Å². The first-order valence-electron chi connectivity index (χ1n) is 7.30. The van der Waals surface area contributed by atoms with Crippen molar-refractivity contribution in [1.29, 1.82) is 0 Å². The Kier molecular flexibility index (Phi) is 5.72. The average molecular weight is 392 g/mol. The lowest BCUT2D eigenvalue weighted by Crippen LogP contribution is -2.59. The lowest BCUT2D eigenvalue weighted by Gasteiger charge is -2.37. The topological polar surface area (TPSA) is 110 Å². The Hall–Kier alpha value is -1.69. The van der Waals surface area contributed by atoms with Crippen LogP contribution in [0.25, 0.3) is 0 Å². The first kappa shape index (κ1) is 19.6. The molecule has 1 saturated heterocycles. The van der Waals surface area contributed by atoms with Crippen LogP contribution in [-0.4, -0.2) is 77.6 Å². The molecule has 1 atom stereocenters. The standard InChI is InChI=1S/C14H20N2O7S2/c1-22-11-4-6-12(7-5-11)25(20,21)16-9-8-15(24(3,18)19)10-13(16)14(17)23-2/h4-7,13H,8-10H2,1-3H3. The zero-order valence-electron chi connectivity index (χ0n) is 14.1. The van der Waals surface area contributed by atoms with E-state index in [1.807, 2.05) is 0 Å². The number of carbonyl (C=O) groups excluding carboxylic acids is 1. The highest BCUT2D eigenvalue weighted by Crippen LogP contribution is 2.24. The van der Waals surface area contributed by atoms with Crippen LogP contribution in [0.1, 0.15) is 0 Å². The number of ether oxygens (including phenoxy) is 2. The number of hydrogen-bond donors (Lipinski definition) is 0. The maximum atomic E-state index is 12.9. The number of carbonyl (C=O) groups is 1. The summed E-state index contributed by atoms with van der Waals surface area (Å²) in [6, 6.07) is 4.47. The largest absolute Gasteiger partial charge is 0.497 e. The number of benzene rings is 1. The fourth-order valence-corrected chi connectivity index (χ4v) is 4.93. The second-order valence-electron chi connectivity index (χ2n) is 5.45. The Balaban J connectivity index is 2.38. The molecule has 11 heteroatoms. The first-order chi connectivity index (χ1) is 11.6. The van der Waals surface area contributed by atoms with E-state index in [-0.39, 0.29) is 24.5 Å². The maximum absolute atomic E-state index is 12.9. The van der Waals surface area contributed by atoms with Crippen LogP contribution in [0.5, 0.6) is 5.75 Å². The van der Waals surface area contributed by atoms with Crippen LogP contribution in [0.4, 0.5) is 0 Å². The molecule has 0 aliphatic carbocycles. The predicted molar refractivity (Wildman–Crippen MR) is 89.1 cm³/mol. The molecule has 1 aliphatic rings. The van der Waals surface area contributed by atoms with Gasteiger partial charge in [0.05, 0.1) is 25.4 Å². The Labute approximate surface area is 147 Å². The molecule has 1 fully saturated rings. The minimum atomic E-state index is -4.00. The van der Waals surface area contributed by atoms with Crippen molar-refractivity contribution in [2.75, 3.05) is 40.1 Å². The highest BCUT2D eigenvalue weighted by molar-refractivity contribution is 7.89. The van der Waals surface area contributed by atoms with Gasteiger partial charge in [-0.25, -0.2) is 16.8 Å². The van der Waals surface area contributed by atoms with E-state index < -0.39 is 32.1 Å². The van der Waals surface area contributed by atoms with Gasteiger partial charge in [0.25, 0.3) is 0 Å². The summed E-state index contributed by atoms with van der Waals surface area (Å²) in [5.41, 5.74) is 0. The third-order valence-electron chi connectivity index (χ3n) is 3.90. The molecule has 0 bridgehead atoms. The van der Waals surface area contributed by atoms with Crippen molar-refractivity contribution in [3.63, 3.8) is 0 Å². The van der Waals surface area contributed by atoms with Gasteiger partial charge in [-0.15, -0.1) is 0 Å². The van der Waals surface area contributed by atoms with Gasteiger partial charge in [0.2, 0.25) is 20.0 Å². The summed E-state index contributed by atoms with van der Waals surface area (Å²) in [7, 11) is -4.98. The molecule has 0 amide bonds. The van der Waals surface area contributed by atoms with Gasteiger partial charge in [-0.2, -0.15) is 8.61 Å². The lowest BCUT2D eigenvalue weighted by molar-refractivity contribution is -0.146. The molecule has 25 heavy (non-hydrogen) atoms. The zero-order valence-corrected chi connectivity index (χ0v) is 15.7. The molecule has 0 spiro atoms. The first-order valence-corrected chi connectivity index (χ1v) is 10.6. The number of hydrogen-bond acceptors (Lipinski definition) is 7. The maximum Gasteiger partial charge on any atom is 0.325 e. The molecule has 1 aliphatic heterocycles. The third kappa shape index (κ3) is 4.11. The molecule has 0 radical (unpaired) electrons. The number of methoxy groups -OCH3 is 2. The molecule has 0 saturated carbocycles. The predicted octanol–water partition coefficient (Wildman–Crippen LogP) is -0.497. The van der Waals surface area contributed by atoms with Crippen molar-refractivity contribution >= 4 is 26.0 Å². The van der Waals surface area contributed by atoms with Crippen LogP contribution in [-0.2, 0) is 29.6 Å². The summed E-state index contributed by atoms with van der Waals surface area (Å²) < 4.78 is 60.9. The van der Waals surface area contributed by atoms with Crippen LogP contribution in [0.15, 0.2) is 29.2 Å². The van der Waals surface area contributed by atoms with E-state index in [2.05, 4.69) is 4.74 Å². The number of piperazine rings is 1. The fourth-order valence-electron chi connectivity index (χ4n) is 2.54. The van der Waals surface area contributed by atoms with E-state index in [1.54, 1.807) is 0 Å². The molecule has 1 unspecified atom stereocenters. The Bertz CT molecular complexity index is 834. The van der Waals surface area contributed by atoms with Crippen LogP contribution in [0.2, 0.25) is 0 Å². The molecule has 9 nitrogen and oxygen atoms in total. The van der Waals surface area contributed by atoms with E-state index in [4.69, 9.17) is 4.74 Å². The van der Waals surface area contributed by atoms with Gasteiger partial charge in [-0.05, 0) is 24.3 Å². The van der Waals surface area contributed by atoms with Gasteiger partial charge in [-0.1, -0.05) is 0 Å². The fraction of sp³-hybridized carbons (Fsp3) is 0.500. The minimum Gasteiger partial charge on any atom is -0.497 e. The van der Waals surface area contributed by atoms with Gasteiger partial charge in [0, 0.05) is 19.6 Å². The monoisotopic (exact) mass is 392 g/mol. The summed E-state index contributed by atoms with van der Waals surface area (Å²) in [6.45, 7) is -0.482. The molecular weight excluding hydrogens is 372 g/mol. The van der Waals surface area contributed by atoms with Gasteiger partial charge in [0.15, 0.2) is 0 Å². The molecular formula is C14H20N2O7S2. The summed E-state index contributed by atoms with van der Waals surface area (Å²) >= 11 is 0. The Morgan fingerprint density at radius 1 is 1.08 bits per heavy atom. The van der Waals surface area contributed by atoms with E-state index in [0.29, 0.717) is 5.75 Å². The number of rotatable bonds is 5. The van der Waals surface area contributed by atoms with Crippen molar-refractivity contribution in [1.82, 2.24) is 8.61 Å². The van der Waals surface area contributed by atoms with E-state index in [9.17, 15) is 21.6 Å². The van der Waals surface area contributed by atoms with Gasteiger partial charge >= 0.3 is 5.97 Å². The summed E-state index contributed by atoms with van der Waals surface area (Å²) in [6.07, 6.45) is 1.01. The van der Waals surface area contributed by atoms with E-state index in [0.717, 1.165) is 22.0 Å². The third-order valence-corrected chi connectivity index (χ3v) is 7.09.